The van der Waals surface area contributed by atoms with Gasteiger partial charge in [0.2, 0.25) is 0 Å². The SMILES string of the molecule is CCC(C)(C)c1ccc(N2c3cc(N(c4ccc(C(C)(C)C)cc4)c4ccc(C(C)(C)C)cc4)ccc3B3c4cc(-c5ccccc5)ccc4N(c4ccc(-c5cccc6c5oc5ccccc56)cc4)c4cc(C(C)(C)C)cc2c43)cc1. The zero-order valence-corrected chi connectivity index (χ0v) is 49.8. The van der Waals surface area contributed by atoms with Crippen molar-refractivity contribution >= 4 is 96.2 Å². The van der Waals surface area contributed by atoms with Gasteiger partial charge >= 0.3 is 0 Å². The van der Waals surface area contributed by atoms with E-state index in [2.05, 4.69) is 310 Å². The highest BCUT2D eigenvalue weighted by molar-refractivity contribution is 7.00. The summed E-state index contributed by atoms with van der Waals surface area (Å²) in [5, 5.41) is 2.27. The maximum Gasteiger partial charge on any atom is 0.252 e. The van der Waals surface area contributed by atoms with Crippen molar-refractivity contribution in [3.63, 3.8) is 0 Å². The molecule has 406 valence electrons. The molecular formula is C77H74BN3O. The van der Waals surface area contributed by atoms with Crippen molar-refractivity contribution in [3.8, 4) is 22.3 Å². The molecule has 2 aliphatic heterocycles. The lowest BCUT2D eigenvalue weighted by atomic mass is 9.33. The fourth-order valence-electron chi connectivity index (χ4n) is 12.6. The Balaban J connectivity index is 1.06. The Hall–Kier alpha value is -8.54. The summed E-state index contributed by atoms with van der Waals surface area (Å²) in [6.07, 6.45) is 1.05. The molecule has 11 aromatic rings. The van der Waals surface area contributed by atoms with Crippen LogP contribution in [0.3, 0.4) is 0 Å². The minimum Gasteiger partial charge on any atom is -0.455 e. The molecule has 1 aromatic heterocycles. The van der Waals surface area contributed by atoms with Crippen molar-refractivity contribution in [2.75, 3.05) is 14.7 Å². The number of furan rings is 1. The maximum absolute atomic E-state index is 6.60. The van der Waals surface area contributed by atoms with Crippen LogP contribution in [0.2, 0.25) is 0 Å². The third kappa shape index (κ3) is 9.10. The van der Waals surface area contributed by atoms with E-state index in [9.17, 15) is 0 Å². The molecule has 0 aliphatic carbocycles. The Bertz CT molecular complexity index is 4150. The first-order chi connectivity index (χ1) is 39.2. The predicted molar refractivity (Wildman–Crippen MR) is 353 cm³/mol. The fourth-order valence-corrected chi connectivity index (χ4v) is 12.6. The Morgan fingerprint density at radius 1 is 0.390 bits per heavy atom. The van der Waals surface area contributed by atoms with Gasteiger partial charge in [0.25, 0.3) is 6.71 Å². The van der Waals surface area contributed by atoms with Gasteiger partial charge in [-0.1, -0.05) is 217 Å². The first-order valence-corrected chi connectivity index (χ1v) is 29.5. The molecule has 82 heavy (non-hydrogen) atoms. The summed E-state index contributed by atoms with van der Waals surface area (Å²) >= 11 is 0. The van der Waals surface area contributed by atoms with Crippen molar-refractivity contribution in [2.45, 2.75) is 111 Å². The fraction of sp³-hybridized carbons (Fsp3) is 0.221. The summed E-state index contributed by atoms with van der Waals surface area (Å²) in [4.78, 5) is 7.60. The minimum atomic E-state index is -0.183. The second-order valence-corrected chi connectivity index (χ2v) is 26.7. The van der Waals surface area contributed by atoms with Crippen molar-refractivity contribution in [1.82, 2.24) is 0 Å². The molecule has 5 heteroatoms. The van der Waals surface area contributed by atoms with Crippen LogP contribution in [-0.2, 0) is 21.7 Å². The van der Waals surface area contributed by atoms with Gasteiger partial charge in [0.15, 0.2) is 0 Å². The van der Waals surface area contributed by atoms with Crippen LogP contribution in [0, 0.1) is 0 Å². The molecule has 0 radical (unpaired) electrons. The molecule has 4 nitrogen and oxygen atoms in total. The van der Waals surface area contributed by atoms with Crippen LogP contribution in [-0.4, -0.2) is 6.71 Å². The summed E-state index contributed by atoms with van der Waals surface area (Å²) in [7, 11) is 0. The van der Waals surface area contributed by atoms with Gasteiger partial charge < -0.3 is 19.1 Å². The predicted octanol–water partition coefficient (Wildman–Crippen LogP) is 20.1. The van der Waals surface area contributed by atoms with Crippen molar-refractivity contribution in [1.29, 1.82) is 0 Å². The van der Waals surface area contributed by atoms with Gasteiger partial charge in [0, 0.05) is 67.5 Å². The number of para-hydroxylation sites is 2. The summed E-state index contributed by atoms with van der Waals surface area (Å²) in [5.41, 5.74) is 25.7. The van der Waals surface area contributed by atoms with E-state index in [-0.39, 0.29) is 28.4 Å². The van der Waals surface area contributed by atoms with Gasteiger partial charge in [0.1, 0.15) is 11.2 Å². The Morgan fingerprint density at radius 2 is 0.915 bits per heavy atom. The largest absolute Gasteiger partial charge is 0.455 e. The van der Waals surface area contributed by atoms with Crippen LogP contribution in [0.4, 0.5) is 51.2 Å². The Kier molecular flexibility index (Phi) is 12.6. The quantitative estimate of drug-likeness (QED) is 0.134. The molecule has 0 bridgehead atoms. The normalized spacial score (nSPS) is 13.3. The van der Waals surface area contributed by atoms with Crippen molar-refractivity contribution < 1.29 is 4.42 Å². The summed E-state index contributed by atoms with van der Waals surface area (Å²) < 4.78 is 6.60. The number of nitrogens with zero attached hydrogens (tertiary/aromatic N) is 3. The maximum atomic E-state index is 6.60. The third-order valence-electron chi connectivity index (χ3n) is 17.9. The lowest BCUT2D eigenvalue weighted by Gasteiger charge is -2.45. The molecule has 0 saturated carbocycles. The van der Waals surface area contributed by atoms with Crippen LogP contribution in [0.25, 0.3) is 44.2 Å². The molecule has 0 amide bonds. The number of anilines is 9. The van der Waals surface area contributed by atoms with Gasteiger partial charge in [-0.25, -0.2) is 0 Å². The topological polar surface area (TPSA) is 22.9 Å². The van der Waals surface area contributed by atoms with E-state index in [0.717, 1.165) is 67.9 Å². The molecule has 0 N–H and O–H groups in total. The molecule has 0 fully saturated rings. The lowest BCUT2D eigenvalue weighted by molar-refractivity contribution is 0.506. The summed E-state index contributed by atoms with van der Waals surface area (Å²) in [6.45, 7) is 27.7. The van der Waals surface area contributed by atoms with Crippen molar-refractivity contribution in [2.24, 2.45) is 0 Å². The molecule has 13 rings (SSSR count). The number of hydrogen-bond acceptors (Lipinski definition) is 4. The van der Waals surface area contributed by atoms with Gasteiger partial charge in [0.05, 0.1) is 0 Å². The first kappa shape index (κ1) is 52.8. The molecule has 3 heterocycles. The van der Waals surface area contributed by atoms with Crippen LogP contribution in [0.15, 0.2) is 223 Å². The minimum absolute atomic E-state index is 0.0190. The monoisotopic (exact) mass is 1070 g/mol. The standard InChI is InChI=1S/C77H74BN3O/c1-13-77(11,12)55-33-41-60(42-34-55)81-68-49-61(79(57-37-29-53(30-38-57)74(2,3)4)58-39-31-54(32-40-58)75(5,6)7)43-44-65(68)78-66-46-52(50-20-15-14-16-21-50)28-45-67(66)80(69-47-56(76(8,9)10)48-70(81)72(69)78)59-35-26-51(27-36-59)62-23-19-24-64-63-22-17-18-25-71(63)82-73(62)64/h14-49H,13H2,1-12H3. The van der Waals surface area contributed by atoms with E-state index in [4.69, 9.17) is 4.42 Å². The number of fused-ring (bicyclic) bond motifs is 7. The Morgan fingerprint density at radius 3 is 1.51 bits per heavy atom. The number of hydrogen-bond donors (Lipinski definition) is 0. The highest BCUT2D eigenvalue weighted by Gasteiger charge is 2.45. The van der Waals surface area contributed by atoms with Gasteiger partial charge in [-0.05, 0) is 168 Å². The number of benzene rings is 10. The van der Waals surface area contributed by atoms with E-state index >= 15 is 0 Å². The smallest absolute Gasteiger partial charge is 0.252 e. The molecule has 2 aliphatic rings. The highest BCUT2D eigenvalue weighted by atomic mass is 16.3. The average molecular weight is 1070 g/mol. The van der Waals surface area contributed by atoms with E-state index in [1.807, 2.05) is 6.07 Å². The van der Waals surface area contributed by atoms with Crippen LogP contribution >= 0.6 is 0 Å². The average Bonchev–Trinajstić information content (AvgIpc) is 1.96. The van der Waals surface area contributed by atoms with E-state index in [1.165, 1.54) is 72.5 Å². The Labute approximate surface area is 486 Å². The molecule has 0 spiro atoms. The molecule has 0 atom stereocenters. The van der Waals surface area contributed by atoms with E-state index in [0.29, 0.717) is 0 Å². The van der Waals surface area contributed by atoms with Gasteiger partial charge in [-0.3, -0.25) is 0 Å². The molecule has 0 unspecified atom stereocenters. The van der Waals surface area contributed by atoms with Gasteiger partial charge in [-0.15, -0.1) is 0 Å². The summed E-state index contributed by atoms with van der Waals surface area (Å²) in [6, 6.07) is 82.4. The van der Waals surface area contributed by atoms with E-state index in [1.54, 1.807) is 0 Å². The zero-order valence-electron chi connectivity index (χ0n) is 49.8. The van der Waals surface area contributed by atoms with Crippen LogP contribution in [0.1, 0.15) is 112 Å². The zero-order chi connectivity index (χ0) is 57.0. The second kappa shape index (κ2) is 19.6. The van der Waals surface area contributed by atoms with E-state index < -0.39 is 0 Å². The van der Waals surface area contributed by atoms with Crippen molar-refractivity contribution in [3.05, 3.63) is 241 Å². The summed E-state index contributed by atoms with van der Waals surface area (Å²) in [5.74, 6) is 0. The van der Waals surface area contributed by atoms with Crippen LogP contribution in [0.5, 0.6) is 0 Å². The third-order valence-corrected chi connectivity index (χ3v) is 17.9. The number of rotatable bonds is 9. The molecular weight excluding hydrogens is 994 g/mol. The molecule has 0 saturated heterocycles. The lowest BCUT2D eigenvalue weighted by Crippen LogP contribution is -2.61. The second-order valence-electron chi connectivity index (χ2n) is 26.7. The van der Waals surface area contributed by atoms with Gasteiger partial charge in [-0.2, -0.15) is 0 Å². The van der Waals surface area contributed by atoms with Crippen LogP contribution < -0.4 is 31.1 Å². The highest BCUT2D eigenvalue weighted by Crippen LogP contribution is 2.49. The first-order valence-electron chi connectivity index (χ1n) is 29.5. The molecule has 10 aromatic carbocycles.